The number of nitriles is 1. The Hall–Kier alpha value is -3.17. The number of methoxy groups -OCH3 is 1. The number of nitrogens with zero attached hydrogens (tertiary/aromatic N) is 3. The zero-order valence-corrected chi connectivity index (χ0v) is 15.7. The van der Waals surface area contributed by atoms with E-state index in [1.807, 2.05) is 35.6 Å². The Bertz CT molecular complexity index is 1170. The number of thiazole rings is 1. The molecule has 2 aromatic carbocycles. The maximum Gasteiger partial charge on any atom is 0.195 e. The Morgan fingerprint density at radius 1 is 1.19 bits per heavy atom. The molecule has 0 amide bonds. The summed E-state index contributed by atoms with van der Waals surface area (Å²) in [6.07, 6.45) is 0.220. The van der Waals surface area contributed by atoms with E-state index in [-0.39, 0.29) is 12.2 Å². The fourth-order valence-electron chi connectivity index (χ4n) is 3.25. The number of aromatic nitrogens is 2. The van der Waals surface area contributed by atoms with Crippen molar-refractivity contribution < 1.29 is 9.13 Å². The van der Waals surface area contributed by atoms with Crippen LogP contribution in [-0.2, 0) is 6.42 Å². The fourth-order valence-corrected chi connectivity index (χ4v) is 4.26. The predicted molar refractivity (Wildman–Crippen MR) is 105 cm³/mol. The summed E-state index contributed by atoms with van der Waals surface area (Å²) in [5, 5.41) is 9.41. The maximum atomic E-state index is 13.4. The van der Waals surface area contributed by atoms with E-state index >= 15 is 0 Å². The van der Waals surface area contributed by atoms with Gasteiger partial charge in [-0.25, -0.2) is 9.37 Å². The molecule has 27 heavy (non-hydrogen) atoms. The van der Waals surface area contributed by atoms with Crippen LogP contribution >= 0.6 is 11.3 Å². The number of ether oxygens (including phenoxy) is 1. The van der Waals surface area contributed by atoms with E-state index in [2.05, 4.69) is 6.07 Å². The largest absolute Gasteiger partial charge is 0.497 e. The van der Waals surface area contributed by atoms with E-state index < -0.39 is 0 Å². The number of aryl methyl sites for hydroxylation is 1. The summed E-state index contributed by atoms with van der Waals surface area (Å²) in [5.41, 5.74) is 4.34. The van der Waals surface area contributed by atoms with Crippen LogP contribution in [-0.4, -0.2) is 16.5 Å². The molecule has 0 radical (unpaired) electrons. The minimum Gasteiger partial charge on any atom is -0.497 e. The molecule has 0 N–H and O–H groups in total. The minimum absolute atomic E-state index is 0.220. The van der Waals surface area contributed by atoms with Gasteiger partial charge in [0.05, 0.1) is 36.7 Å². The SMILES string of the molecule is COc1cccc(-c2nc3sc(C)c(-c4ccc(F)cc4)n3c2CC#N)c1. The Balaban J connectivity index is 1.99. The first-order valence-electron chi connectivity index (χ1n) is 8.40. The third-order valence-electron chi connectivity index (χ3n) is 4.45. The monoisotopic (exact) mass is 377 g/mol. The van der Waals surface area contributed by atoms with E-state index in [0.717, 1.165) is 43.8 Å². The lowest BCUT2D eigenvalue weighted by molar-refractivity contribution is 0.415. The molecule has 4 rings (SSSR count). The van der Waals surface area contributed by atoms with Crippen molar-refractivity contribution >= 4 is 16.3 Å². The molecule has 0 aliphatic rings. The zero-order valence-electron chi connectivity index (χ0n) is 14.9. The average molecular weight is 377 g/mol. The van der Waals surface area contributed by atoms with Crippen LogP contribution in [0.5, 0.6) is 5.75 Å². The van der Waals surface area contributed by atoms with Crippen LogP contribution in [0.3, 0.4) is 0 Å². The highest BCUT2D eigenvalue weighted by molar-refractivity contribution is 7.17. The van der Waals surface area contributed by atoms with Gasteiger partial charge in [0.1, 0.15) is 11.6 Å². The van der Waals surface area contributed by atoms with Crippen molar-refractivity contribution in [3.05, 3.63) is 64.9 Å². The van der Waals surface area contributed by atoms with Gasteiger partial charge in [-0.05, 0) is 48.9 Å². The van der Waals surface area contributed by atoms with Crippen LogP contribution in [0.15, 0.2) is 48.5 Å². The third kappa shape index (κ3) is 2.96. The molecule has 0 aliphatic heterocycles. The Morgan fingerprint density at radius 3 is 2.67 bits per heavy atom. The van der Waals surface area contributed by atoms with Crippen LogP contribution in [0.2, 0.25) is 0 Å². The zero-order chi connectivity index (χ0) is 19.0. The Morgan fingerprint density at radius 2 is 1.96 bits per heavy atom. The van der Waals surface area contributed by atoms with Crippen molar-refractivity contribution in [2.24, 2.45) is 0 Å². The Kier molecular flexibility index (Phi) is 4.38. The highest BCUT2D eigenvalue weighted by Crippen LogP contribution is 2.37. The van der Waals surface area contributed by atoms with Crippen LogP contribution in [0.25, 0.3) is 27.5 Å². The van der Waals surface area contributed by atoms with Crippen molar-refractivity contribution in [1.82, 2.24) is 9.38 Å². The molecule has 0 saturated heterocycles. The van der Waals surface area contributed by atoms with Crippen LogP contribution in [0, 0.1) is 24.1 Å². The summed E-state index contributed by atoms with van der Waals surface area (Å²) < 4.78 is 20.7. The van der Waals surface area contributed by atoms with Gasteiger partial charge in [0.15, 0.2) is 4.96 Å². The first-order valence-corrected chi connectivity index (χ1v) is 9.22. The molecule has 4 aromatic rings. The van der Waals surface area contributed by atoms with Crippen LogP contribution in [0.1, 0.15) is 10.6 Å². The molecule has 0 aliphatic carbocycles. The molecule has 0 unspecified atom stereocenters. The molecule has 0 bridgehead atoms. The number of hydrogen-bond donors (Lipinski definition) is 0. The van der Waals surface area contributed by atoms with E-state index in [1.165, 1.54) is 12.1 Å². The van der Waals surface area contributed by atoms with Gasteiger partial charge in [0.2, 0.25) is 0 Å². The second kappa shape index (κ2) is 6.86. The summed E-state index contributed by atoms with van der Waals surface area (Å²) in [4.78, 5) is 6.69. The second-order valence-corrected chi connectivity index (χ2v) is 7.29. The highest BCUT2D eigenvalue weighted by Gasteiger charge is 2.21. The fraction of sp³-hybridized carbons (Fsp3) is 0.143. The predicted octanol–water partition coefficient (Wildman–Crippen LogP) is 5.25. The first-order chi connectivity index (χ1) is 13.1. The van der Waals surface area contributed by atoms with Gasteiger partial charge in [-0.15, -0.1) is 11.3 Å². The molecule has 0 atom stereocenters. The number of halogens is 1. The van der Waals surface area contributed by atoms with E-state index in [9.17, 15) is 9.65 Å². The smallest absolute Gasteiger partial charge is 0.195 e. The molecule has 2 heterocycles. The number of imidazole rings is 1. The first kappa shape index (κ1) is 17.3. The molecule has 2 aromatic heterocycles. The van der Waals surface area contributed by atoms with Crippen LogP contribution in [0.4, 0.5) is 4.39 Å². The normalized spacial score (nSPS) is 10.9. The van der Waals surface area contributed by atoms with Crippen LogP contribution < -0.4 is 4.74 Å². The van der Waals surface area contributed by atoms with Gasteiger partial charge in [0, 0.05) is 10.4 Å². The average Bonchev–Trinajstić information content (AvgIpc) is 3.18. The van der Waals surface area contributed by atoms with Crippen molar-refractivity contribution in [2.45, 2.75) is 13.3 Å². The van der Waals surface area contributed by atoms with Gasteiger partial charge >= 0.3 is 0 Å². The van der Waals surface area contributed by atoms with Gasteiger partial charge in [0.25, 0.3) is 0 Å². The van der Waals surface area contributed by atoms with Gasteiger partial charge in [-0.1, -0.05) is 12.1 Å². The molecular formula is C21H16FN3OS. The molecule has 0 fully saturated rings. The van der Waals surface area contributed by atoms with Crippen molar-refractivity contribution in [1.29, 1.82) is 5.26 Å². The number of fused-ring (bicyclic) bond motifs is 1. The van der Waals surface area contributed by atoms with Gasteiger partial charge in [-0.2, -0.15) is 5.26 Å². The third-order valence-corrected chi connectivity index (χ3v) is 5.41. The van der Waals surface area contributed by atoms with Crippen molar-refractivity contribution in [3.8, 4) is 34.3 Å². The van der Waals surface area contributed by atoms with E-state index in [4.69, 9.17) is 9.72 Å². The topological polar surface area (TPSA) is 50.3 Å². The summed E-state index contributed by atoms with van der Waals surface area (Å²) in [5.74, 6) is 0.463. The quantitative estimate of drug-likeness (QED) is 0.488. The summed E-state index contributed by atoms with van der Waals surface area (Å²) >= 11 is 1.56. The number of rotatable bonds is 4. The van der Waals surface area contributed by atoms with Gasteiger partial charge < -0.3 is 4.74 Å². The van der Waals surface area contributed by atoms with Crippen molar-refractivity contribution in [2.75, 3.05) is 7.11 Å². The standard InChI is InChI=1S/C21H16FN3OS/c1-13-20(14-6-8-16(22)9-7-14)25-18(10-11-23)19(24-21(25)27-13)15-4-3-5-17(12-15)26-2/h3-9,12H,10H2,1-2H3. The lowest BCUT2D eigenvalue weighted by atomic mass is 10.1. The highest BCUT2D eigenvalue weighted by atomic mass is 32.1. The van der Waals surface area contributed by atoms with E-state index in [1.54, 1.807) is 30.6 Å². The lowest BCUT2D eigenvalue weighted by Crippen LogP contribution is -1.96. The second-order valence-electron chi connectivity index (χ2n) is 6.11. The molecular weight excluding hydrogens is 361 g/mol. The lowest BCUT2D eigenvalue weighted by Gasteiger charge is -2.07. The van der Waals surface area contributed by atoms with Crippen molar-refractivity contribution in [3.63, 3.8) is 0 Å². The number of hydrogen-bond acceptors (Lipinski definition) is 4. The number of benzene rings is 2. The molecule has 0 saturated carbocycles. The maximum absolute atomic E-state index is 13.4. The molecule has 0 spiro atoms. The Labute approximate surface area is 160 Å². The summed E-state index contributed by atoms with van der Waals surface area (Å²) in [6.45, 7) is 2.01. The molecule has 134 valence electrons. The van der Waals surface area contributed by atoms with Gasteiger partial charge in [-0.3, -0.25) is 4.40 Å². The van der Waals surface area contributed by atoms with E-state index in [0.29, 0.717) is 0 Å². The summed E-state index contributed by atoms with van der Waals surface area (Å²) in [6, 6.07) is 16.3. The molecule has 4 nitrogen and oxygen atoms in total. The minimum atomic E-state index is -0.275. The summed E-state index contributed by atoms with van der Waals surface area (Å²) in [7, 11) is 1.62. The molecule has 6 heteroatoms.